The van der Waals surface area contributed by atoms with Crippen LogP contribution in [-0.4, -0.2) is 51.4 Å². The Labute approximate surface area is 243 Å². The number of benzene rings is 3. The summed E-state index contributed by atoms with van der Waals surface area (Å²) < 4.78 is 9.81. The van der Waals surface area contributed by atoms with Gasteiger partial charge in [0, 0.05) is 6.54 Å². The summed E-state index contributed by atoms with van der Waals surface area (Å²) in [5, 5.41) is 6.50. The van der Waals surface area contributed by atoms with Crippen LogP contribution in [-0.2, 0) is 38.5 Å². The fourth-order valence-corrected chi connectivity index (χ4v) is 4.30. The maximum Gasteiger partial charge on any atom is 0.313 e. The lowest BCUT2D eigenvalue weighted by atomic mass is 10.1. The number of H-pyrrole nitrogens is 2. The SMILES string of the molecule is COC(=O)Cc1nc2ccccc2c(=O)[nH]1.O=C(Cc1nc2ccccc2c(=O)[nH]1)NCc1ccc2c(c1)NC(=O)CO2. The van der Waals surface area contributed by atoms with E-state index < -0.39 is 5.97 Å². The van der Waals surface area contributed by atoms with Crippen molar-refractivity contribution in [1.82, 2.24) is 25.3 Å². The van der Waals surface area contributed by atoms with Gasteiger partial charge in [0.05, 0.1) is 41.0 Å². The topological polar surface area (TPSA) is 185 Å². The number of rotatable bonds is 6. The second-order valence-electron chi connectivity index (χ2n) is 9.43. The molecule has 0 spiro atoms. The number of methoxy groups -OCH3 is 1. The second kappa shape index (κ2) is 12.8. The highest BCUT2D eigenvalue weighted by molar-refractivity contribution is 5.95. The first-order chi connectivity index (χ1) is 20.8. The summed E-state index contributed by atoms with van der Waals surface area (Å²) in [6.07, 6.45) is -0.0680. The van der Waals surface area contributed by atoms with Crippen molar-refractivity contribution in [2.45, 2.75) is 19.4 Å². The minimum atomic E-state index is -0.432. The molecule has 0 bridgehead atoms. The number of aromatic amines is 2. The number of amides is 2. The Morgan fingerprint density at radius 2 is 1.47 bits per heavy atom. The van der Waals surface area contributed by atoms with Gasteiger partial charge in [0.15, 0.2) is 6.61 Å². The number of esters is 1. The van der Waals surface area contributed by atoms with Gasteiger partial charge in [-0.3, -0.25) is 24.0 Å². The molecule has 1 aliphatic heterocycles. The first-order valence-corrected chi connectivity index (χ1v) is 13.1. The molecule has 3 aromatic carbocycles. The number of nitrogens with one attached hydrogen (secondary N) is 4. The van der Waals surface area contributed by atoms with Gasteiger partial charge in [-0.2, -0.15) is 0 Å². The quantitative estimate of drug-likeness (QED) is 0.217. The number of aromatic nitrogens is 4. The Bertz CT molecular complexity index is 1970. The average molecular weight is 583 g/mol. The van der Waals surface area contributed by atoms with Gasteiger partial charge in [-0.1, -0.05) is 30.3 Å². The summed E-state index contributed by atoms with van der Waals surface area (Å²) in [5.41, 5.74) is 2.00. The number of anilines is 1. The standard InChI is InChI=1S/C19H16N4O4.C11H10N2O3/c24-17(8-16-21-13-4-2-1-3-12(13)19(26)23-16)20-9-11-5-6-15-14(7-11)22-18(25)10-27-15;1-16-10(14)6-9-12-8-5-3-2-4-7(8)11(15)13-9/h1-7H,8-10H2,(H,20,24)(H,22,25)(H,21,23,26);2-5H,6H2,1H3,(H,12,13,15). The van der Waals surface area contributed by atoms with Gasteiger partial charge < -0.3 is 30.1 Å². The average Bonchev–Trinajstić information content (AvgIpc) is 3.00. The summed E-state index contributed by atoms with van der Waals surface area (Å²) in [6, 6.07) is 19.2. The Morgan fingerprint density at radius 1 is 0.860 bits per heavy atom. The first-order valence-electron chi connectivity index (χ1n) is 13.1. The molecule has 0 saturated heterocycles. The molecule has 1 aliphatic rings. The van der Waals surface area contributed by atoms with Crippen molar-refractivity contribution in [3.05, 3.63) is 105 Å². The number of carbonyl (C=O) groups excluding carboxylic acids is 3. The zero-order chi connectivity index (χ0) is 30.3. The van der Waals surface area contributed by atoms with E-state index in [0.29, 0.717) is 44.9 Å². The van der Waals surface area contributed by atoms with Crippen molar-refractivity contribution < 1.29 is 23.9 Å². The summed E-state index contributed by atoms with van der Waals surface area (Å²) in [5.74, 6) is 0.306. The van der Waals surface area contributed by atoms with Crippen LogP contribution in [0.15, 0.2) is 76.3 Å². The first kappa shape index (κ1) is 28.7. The third-order valence-electron chi connectivity index (χ3n) is 6.36. The summed E-state index contributed by atoms with van der Waals surface area (Å²) in [7, 11) is 1.29. The fourth-order valence-electron chi connectivity index (χ4n) is 4.30. The van der Waals surface area contributed by atoms with Gasteiger partial charge >= 0.3 is 5.97 Å². The lowest BCUT2D eigenvalue weighted by Crippen LogP contribution is -2.27. The number of hydrogen-bond acceptors (Lipinski definition) is 9. The van der Waals surface area contributed by atoms with Gasteiger partial charge in [-0.15, -0.1) is 0 Å². The lowest BCUT2D eigenvalue weighted by Gasteiger charge is -2.18. The maximum absolute atomic E-state index is 12.2. The molecule has 2 amide bonds. The number of para-hydroxylation sites is 2. The Hall–Kier alpha value is -5.85. The van der Waals surface area contributed by atoms with E-state index in [9.17, 15) is 24.0 Å². The molecule has 0 aliphatic carbocycles. The highest BCUT2D eigenvalue weighted by Crippen LogP contribution is 2.28. The van der Waals surface area contributed by atoms with Gasteiger partial charge in [0.2, 0.25) is 5.91 Å². The number of nitrogens with zero attached hydrogens (tertiary/aromatic N) is 2. The van der Waals surface area contributed by atoms with Gasteiger partial charge in [0.25, 0.3) is 17.0 Å². The smallest absolute Gasteiger partial charge is 0.313 e. The summed E-state index contributed by atoms with van der Waals surface area (Å²) in [6.45, 7) is 0.278. The van der Waals surface area contributed by atoms with Crippen LogP contribution in [0.3, 0.4) is 0 Å². The van der Waals surface area contributed by atoms with E-state index in [-0.39, 0.29) is 48.9 Å². The summed E-state index contributed by atoms with van der Waals surface area (Å²) >= 11 is 0. The zero-order valence-electron chi connectivity index (χ0n) is 22.9. The molecule has 4 N–H and O–H groups in total. The predicted molar refractivity (Wildman–Crippen MR) is 157 cm³/mol. The molecule has 0 saturated carbocycles. The van der Waals surface area contributed by atoms with E-state index in [2.05, 4.69) is 35.3 Å². The Balaban J connectivity index is 0.000000196. The lowest BCUT2D eigenvalue weighted by molar-refractivity contribution is -0.140. The number of ether oxygens (including phenoxy) is 2. The maximum atomic E-state index is 12.2. The van der Waals surface area contributed by atoms with Crippen molar-refractivity contribution >= 4 is 45.3 Å². The van der Waals surface area contributed by atoms with Crippen molar-refractivity contribution in [3.63, 3.8) is 0 Å². The second-order valence-corrected chi connectivity index (χ2v) is 9.43. The molecule has 6 rings (SSSR count). The van der Waals surface area contributed by atoms with Crippen molar-refractivity contribution in [2.24, 2.45) is 0 Å². The van der Waals surface area contributed by atoms with Gasteiger partial charge in [0.1, 0.15) is 23.8 Å². The van der Waals surface area contributed by atoms with Crippen LogP contribution in [0.2, 0.25) is 0 Å². The van der Waals surface area contributed by atoms with E-state index in [0.717, 1.165) is 5.56 Å². The third kappa shape index (κ3) is 7.08. The third-order valence-corrected chi connectivity index (χ3v) is 6.36. The molecule has 0 atom stereocenters. The molecule has 5 aromatic rings. The van der Waals surface area contributed by atoms with E-state index in [1.807, 2.05) is 6.07 Å². The van der Waals surface area contributed by atoms with Crippen LogP contribution in [0.25, 0.3) is 21.8 Å². The highest BCUT2D eigenvalue weighted by Gasteiger charge is 2.16. The molecule has 0 radical (unpaired) electrons. The molecule has 218 valence electrons. The molecule has 13 heteroatoms. The van der Waals surface area contributed by atoms with Crippen molar-refractivity contribution in [2.75, 3.05) is 19.0 Å². The Kier molecular flexibility index (Phi) is 8.51. The highest BCUT2D eigenvalue weighted by atomic mass is 16.5. The number of carbonyl (C=O) groups is 3. The van der Waals surface area contributed by atoms with Crippen LogP contribution in [0.4, 0.5) is 5.69 Å². The molecule has 0 unspecified atom stereocenters. The van der Waals surface area contributed by atoms with Crippen LogP contribution in [0, 0.1) is 0 Å². The van der Waals surface area contributed by atoms with Gasteiger partial charge in [-0.05, 0) is 42.0 Å². The van der Waals surface area contributed by atoms with E-state index in [1.54, 1.807) is 60.7 Å². The van der Waals surface area contributed by atoms with Crippen LogP contribution >= 0.6 is 0 Å². The van der Waals surface area contributed by atoms with Crippen molar-refractivity contribution in [1.29, 1.82) is 0 Å². The molecule has 3 heterocycles. The number of fused-ring (bicyclic) bond motifs is 3. The minimum Gasteiger partial charge on any atom is -0.482 e. The molecular weight excluding hydrogens is 556 g/mol. The summed E-state index contributed by atoms with van der Waals surface area (Å²) in [4.78, 5) is 72.0. The molecule has 13 nitrogen and oxygen atoms in total. The normalized spacial score (nSPS) is 11.9. The molecule has 43 heavy (non-hydrogen) atoms. The zero-order valence-corrected chi connectivity index (χ0v) is 22.9. The molecular formula is C30H26N6O7. The Morgan fingerprint density at radius 3 is 2.09 bits per heavy atom. The van der Waals surface area contributed by atoms with Gasteiger partial charge in [-0.25, -0.2) is 9.97 Å². The van der Waals surface area contributed by atoms with E-state index in [4.69, 9.17) is 4.74 Å². The minimum absolute atomic E-state index is 0.0000426. The molecule has 2 aromatic heterocycles. The predicted octanol–water partition coefficient (Wildman–Crippen LogP) is 1.75. The van der Waals surface area contributed by atoms with Crippen LogP contribution < -0.4 is 26.5 Å². The monoisotopic (exact) mass is 582 g/mol. The van der Waals surface area contributed by atoms with Crippen molar-refractivity contribution in [3.8, 4) is 5.75 Å². The van der Waals surface area contributed by atoms with Crippen LogP contribution in [0.5, 0.6) is 5.75 Å². The largest absolute Gasteiger partial charge is 0.482 e. The number of hydrogen-bond donors (Lipinski definition) is 4. The fraction of sp³-hybridized carbons (Fsp3) is 0.167. The van der Waals surface area contributed by atoms with E-state index >= 15 is 0 Å². The van der Waals surface area contributed by atoms with E-state index in [1.165, 1.54) is 7.11 Å². The molecule has 0 fully saturated rings. The van der Waals surface area contributed by atoms with Crippen LogP contribution in [0.1, 0.15) is 17.2 Å².